The molecule has 0 aliphatic carbocycles. The summed E-state index contributed by atoms with van der Waals surface area (Å²) in [5, 5.41) is 0. The molecule has 0 saturated carbocycles. The first-order chi connectivity index (χ1) is 9.86. The van der Waals surface area contributed by atoms with Crippen molar-refractivity contribution in [2.75, 3.05) is 39.3 Å². The molecule has 20 heavy (non-hydrogen) atoms. The Kier molecular flexibility index (Phi) is 11.4. The van der Waals surface area contributed by atoms with Crippen molar-refractivity contribution in [3.63, 3.8) is 0 Å². The minimum absolute atomic E-state index is 1.34. The van der Waals surface area contributed by atoms with Crippen LogP contribution in [0, 0.1) is 0 Å². The van der Waals surface area contributed by atoms with Gasteiger partial charge in [0.1, 0.15) is 0 Å². The lowest BCUT2D eigenvalue weighted by Crippen LogP contribution is -2.30. The van der Waals surface area contributed by atoms with E-state index >= 15 is 0 Å². The summed E-state index contributed by atoms with van der Waals surface area (Å²) >= 11 is 0. The lowest BCUT2D eigenvalue weighted by Gasteiger charge is -2.25. The zero-order valence-corrected chi connectivity index (χ0v) is 14.2. The van der Waals surface area contributed by atoms with Crippen molar-refractivity contribution in [1.82, 2.24) is 9.80 Å². The highest BCUT2D eigenvalue weighted by Crippen LogP contribution is 2.09. The van der Waals surface area contributed by atoms with Crippen molar-refractivity contribution in [3.05, 3.63) is 0 Å². The third-order valence-electron chi connectivity index (χ3n) is 4.55. The molecule has 2 fully saturated rings. The fourth-order valence-corrected chi connectivity index (χ4v) is 3.13. The second kappa shape index (κ2) is 12.6. The van der Waals surface area contributed by atoms with E-state index in [-0.39, 0.29) is 0 Å². The van der Waals surface area contributed by atoms with Crippen LogP contribution in [0.25, 0.3) is 0 Å². The molecule has 2 aliphatic rings. The van der Waals surface area contributed by atoms with Gasteiger partial charge in [-0.25, -0.2) is 0 Å². The summed E-state index contributed by atoms with van der Waals surface area (Å²) in [5.41, 5.74) is 0. The second-order valence-corrected chi connectivity index (χ2v) is 6.51. The van der Waals surface area contributed by atoms with Gasteiger partial charge in [0.15, 0.2) is 0 Å². The lowest BCUT2D eigenvalue weighted by molar-refractivity contribution is 0.226. The van der Waals surface area contributed by atoms with Crippen molar-refractivity contribution < 1.29 is 0 Å². The van der Waals surface area contributed by atoms with Gasteiger partial charge < -0.3 is 9.80 Å². The van der Waals surface area contributed by atoms with Crippen LogP contribution in [0.1, 0.15) is 78.1 Å². The number of rotatable bonds is 6. The Hall–Kier alpha value is -0.0800. The largest absolute Gasteiger partial charge is 0.303 e. The molecule has 2 nitrogen and oxygen atoms in total. The molecule has 2 heteroatoms. The Bertz CT molecular complexity index is 172. The van der Waals surface area contributed by atoms with Crippen LogP contribution < -0.4 is 0 Å². The summed E-state index contributed by atoms with van der Waals surface area (Å²) in [7, 11) is 0. The van der Waals surface area contributed by atoms with Crippen molar-refractivity contribution in [3.8, 4) is 0 Å². The molecule has 0 atom stereocenters. The molecule has 0 radical (unpaired) electrons. The first-order valence-electron chi connectivity index (χ1n) is 9.31. The van der Waals surface area contributed by atoms with Crippen LogP contribution in [0.5, 0.6) is 0 Å². The highest BCUT2D eigenvalue weighted by Gasteiger charge is 2.08. The van der Waals surface area contributed by atoms with E-state index in [1.807, 2.05) is 0 Å². The number of likely N-dealkylation sites (tertiary alicyclic amines) is 2. The number of unbranched alkanes of at least 4 members (excludes halogenated alkanes) is 2. The first kappa shape index (κ1) is 18.0. The van der Waals surface area contributed by atoms with E-state index in [1.165, 1.54) is 103 Å². The van der Waals surface area contributed by atoms with Crippen LogP contribution in [0.3, 0.4) is 0 Å². The Morgan fingerprint density at radius 1 is 0.550 bits per heavy atom. The zero-order valence-electron chi connectivity index (χ0n) is 14.2. The van der Waals surface area contributed by atoms with Crippen LogP contribution in [0.4, 0.5) is 0 Å². The van der Waals surface area contributed by atoms with Gasteiger partial charge in [0.05, 0.1) is 0 Å². The van der Waals surface area contributed by atoms with E-state index in [2.05, 4.69) is 23.6 Å². The van der Waals surface area contributed by atoms with Crippen LogP contribution in [-0.2, 0) is 0 Å². The van der Waals surface area contributed by atoms with Crippen molar-refractivity contribution >= 4 is 0 Å². The molecular formula is C18H38N2. The first-order valence-corrected chi connectivity index (χ1v) is 9.31. The van der Waals surface area contributed by atoms with Crippen LogP contribution >= 0.6 is 0 Å². The SMILES string of the molecule is CCCCN1CCCCC1.CCCCN1CCCCC1. The van der Waals surface area contributed by atoms with Gasteiger partial charge in [0, 0.05) is 0 Å². The van der Waals surface area contributed by atoms with Gasteiger partial charge >= 0.3 is 0 Å². The van der Waals surface area contributed by atoms with Crippen LogP contribution in [-0.4, -0.2) is 49.1 Å². The average Bonchev–Trinajstić information content (AvgIpc) is 2.53. The fraction of sp³-hybridized carbons (Fsp3) is 1.00. The molecule has 0 N–H and O–H groups in total. The Morgan fingerprint density at radius 3 is 1.20 bits per heavy atom. The van der Waals surface area contributed by atoms with Gasteiger partial charge in [-0.05, 0) is 77.8 Å². The number of piperidine rings is 2. The number of hydrogen-bond donors (Lipinski definition) is 0. The molecule has 2 aliphatic heterocycles. The quantitative estimate of drug-likeness (QED) is 0.705. The van der Waals surface area contributed by atoms with Crippen LogP contribution in [0.2, 0.25) is 0 Å². The summed E-state index contributed by atoms with van der Waals surface area (Å²) in [5.74, 6) is 0. The Labute approximate surface area is 127 Å². The van der Waals surface area contributed by atoms with Gasteiger partial charge in [0.25, 0.3) is 0 Å². The maximum atomic E-state index is 2.60. The summed E-state index contributed by atoms with van der Waals surface area (Å²) in [6.07, 6.45) is 14.1. The number of hydrogen-bond acceptors (Lipinski definition) is 2. The predicted octanol–water partition coefficient (Wildman–Crippen LogP) is 4.54. The predicted molar refractivity (Wildman–Crippen MR) is 90.4 cm³/mol. The van der Waals surface area contributed by atoms with E-state index < -0.39 is 0 Å². The monoisotopic (exact) mass is 282 g/mol. The molecule has 0 aromatic carbocycles. The standard InChI is InChI=1S/2C9H19N/c2*1-2-3-7-10-8-5-4-6-9-10/h2*2-9H2,1H3. The average molecular weight is 283 g/mol. The molecule has 0 bridgehead atoms. The molecule has 0 spiro atoms. The van der Waals surface area contributed by atoms with Gasteiger partial charge in [-0.3, -0.25) is 0 Å². The molecule has 120 valence electrons. The maximum Gasteiger partial charge on any atom is -0.00187 e. The molecule has 2 rings (SSSR count). The van der Waals surface area contributed by atoms with E-state index in [0.29, 0.717) is 0 Å². The molecule has 2 saturated heterocycles. The van der Waals surface area contributed by atoms with E-state index in [9.17, 15) is 0 Å². The summed E-state index contributed by atoms with van der Waals surface area (Å²) in [6, 6.07) is 0. The highest BCUT2D eigenvalue weighted by atomic mass is 15.1. The van der Waals surface area contributed by atoms with Crippen molar-refractivity contribution in [2.24, 2.45) is 0 Å². The van der Waals surface area contributed by atoms with Gasteiger partial charge in [-0.2, -0.15) is 0 Å². The topological polar surface area (TPSA) is 6.48 Å². The molecule has 2 heterocycles. The maximum absolute atomic E-state index is 2.60. The van der Waals surface area contributed by atoms with E-state index in [4.69, 9.17) is 0 Å². The zero-order chi connectivity index (χ0) is 14.5. The normalized spacial score (nSPS) is 21.3. The molecular weight excluding hydrogens is 244 g/mol. The number of nitrogens with zero attached hydrogens (tertiary/aromatic N) is 2. The third-order valence-corrected chi connectivity index (χ3v) is 4.55. The summed E-state index contributed by atoms with van der Waals surface area (Å²) in [4.78, 5) is 5.21. The van der Waals surface area contributed by atoms with Crippen molar-refractivity contribution in [2.45, 2.75) is 78.1 Å². The Balaban J connectivity index is 0.000000200. The minimum Gasteiger partial charge on any atom is -0.303 e. The van der Waals surface area contributed by atoms with Gasteiger partial charge in [-0.15, -0.1) is 0 Å². The fourth-order valence-electron chi connectivity index (χ4n) is 3.13. The summed E-state index contributed by atoms with van der Waals surface area (Å²) < 4.78 is 0. The molecule has 0 aromatic heterocycles. The smallest absolute Gasteiger partial charge is 0.00187 e. The van der Waals surface area contributed by atoms with E-state index in [1.54, 1.807) is 0 Å². The highest BCUT2D eigenvalue weighted by molar-refractivity contribution is 4.64. The Morgan fingerprint density at radius 2 is 0.900 bits per heavy atom. The molecule has 0 unspecified atom stereocenters. The van der Waals surface area contributed by atoms with Gasteiger partial charge in [0.2, 0.25) is 0 Å². The minimum atomic E-state index is 1.34. The van der Waals surface area contributed by atoms with Gasteiger partial charge in [-0.1, -0.05) is 39.5 Å². The lowest BCUT2D eigenvalue weighted by atomic mass is 10.1. The van der Waals surface area contributed by atoms with Crippen LogP contribution in [0.15, 0.2) is 0 Å². The van der Waals surface area contributed by atoms with Crippen molar-refractivity contribution in [1.29, 1.82) is 0 Å². The molecule has 0 aromatic rings. The van der Waals surface area contributed by atoms with E-state index in [0.717, 1.165) is 0 Å². The molecule has 0 amide bonds. The summed E-state index contributed by atoms with van der Waals surface area (Å²) in [6.45, 7) is 12.7. The third kappa shape index (κ3) is 8.97. The second-order valence-electron chi connectivity index (χ2n) is 6.51.